The van der Waals surface area contributed by atoms with E-state index in [0.717, 1.165) is 32.7 Å². The van der Waals surface area contributed by atoms with E-state index < -0.39 is 0 Å². The van der Waals surface area contributed by atoms with Gasteiger partial charge in [-0.1, -0.05) is 36.4 Å². The molecule has 22 heavy (non-hydrogen) atoms. The van der Waals surface area contributed by atoms with Crippen molar-refractivity contribution in [2.75, 3.05) is 26.2 Å². The van der Waals surface area contributed by atoms with Gasteiger partial charge in [-0.15, -0.1) is 11.3 Å². The summed E-state index contributed by atoms with van der Waals surface area (Å²) in [5.41, 5.74) is 7.13. The smallest absolute Gasteiger partial charge is 0.0208 e. The zero-order chi connectivity index (χ0) is 15.2. The van der Waals surface area contributed by atoms with Gasteiger partial charge in [-0.25, -0.2) is 0 Å². The number of likely N-dealkylation sites (tertiary alicyclic amines) is 1. The summed E-state index contributed by atoms with van der Waals surface area (Å²) >= 11 is 1.88. The number of benzene rings is 1. The molecule has 0 aliphatic carbocycles. The zero-order valence-electron chi connectivity index (χ0n) is 12.9. The maximum atomic E-state index is 5.77. The zero-order valence-corrected chi connectivity index (χ0v) is 13.8. The molecule has 1 fully saturated rings. The van der Waals surface area contributed by atoms with E-state index in [0.29, 0.717) is 12.0 Å². The Morgan fingerprint density at radius 3 is 2.73 bits per heavy atom. The Bertz CT molecular complexity index is 541. The lowest BCUT2D eigenvalue weighted by Crippen LogP contribution is -2.49. The van der Waals surface area contributed by atoms with Crippen molar-refractivity contribution in [3.8, 4) is 0 Å². The van der Waals surface area contributed by atoms with Crippen LogP contribution in [0.25, 0.3) is 0 Å². The van der Waals surface area contributed by atoms with E-state index in [1.165, 1.54) is 16.9 Å². The molecule has 2 heterocycles. The summed E-state index contributed by atoms with van der Waals surface area (Å²) in [4.78, 5) is 4.02. The summed E-state index contributed by atoms with van der Waals surface area (Å²) < 4.78 is 0. The number of thiophene rings is 1. The van der Waals surface area contributed by atoms with Gasteiger partial charge >= 0.3 is 0 Å². The van der Waals surface area contributed by atoms with Crippen LogP contribution in [-0.4, -0.2) is 37.1 Å². The Morgan fingerprint density at radius 1 is 1.14 bits per heavy atom. The number of hydrogen-bond donors (Lipinski definition) is 2. The maximum Gasteiger partial charge on any atom is 0.0208 e. The van der Waals surface area contributed by atoms with Gasteiger partial charge in [0, 0.05) is 49.6 Å². The van der Waals surface area contributed by atoms with Crippen LogP contribution in [0.2, 0.25) is 0 Å². The number of piperidine rings is 1. The van der Waals surface area contributed by atoms with E-state index in [2.05, 4.69) is 58.1 Å². The highest BCUT2D eigenvalue weighted by Gasteiger charge is 2.28. The molecule has 3 nitrogen and oxygen atoms in total. The number of rotatable bonds is 6. The van der Waals surface area contributed by atoms with Gasteiger partial charge in [-0.2, -0.15) is 0 Å². The van der Waals surface area contributed by atoms with E-state index >= 15 is 0 Å². The first kappa shape index (κ1) is 15.7. The predicted molar refractivity (Wildman–Crippen MR) is 94.2 cm³/mol. The molecule has 1 saturated heterocycles. The Labute approximate surface area is 137 Å². The van der Waals surface area contributed by atoms with Gasteiger partial charge in [0.15, 0.2) is 0 Å². The van der Waals surface area contributed by atoms with Crippen molar-refractivity contribution in [2.24, 2.45) is 5.73 Å². The average Bonchev–Trinajstić information content (AvgIpc) is 3.09. The second kappa shape index (κ2) is 7.88. The third-order valence-electron chi connectivity index (χ3n) is 4.35. The Balaban J connectivity index is 1.62. The predicted octanol–water partition coefficient (Wildman–Crippen LogP) is 2.65. The van der Waals surface area contributed by atoms with Crippen LogP contribution in [0, 0.1) is 0 Å². The molecule has 2 aromatic rings. The van der Waals surface area contributed by atoms with Crippen molar-refractivity contribution in [3.63, 3.8) is 0 Å². The lowest BCUT2D eigenvalue weighted by atomic mass is 9.92. The number of hydrogen-bond acceptors (Lipinski definition) is 4. The number of nitrogens with one attached hydrogen (secondary N) is 1. The Morgan fingerprint density at radius 2 is 2.00 bits per heavy atom. The molecule has 3 rings (SSSR count). The molecule has 0 spiro atoms. The SMILES string of the molecule is NCCN1CC(NCc2ccccc2)CC(c2cccs2)C1. The highest BCUT2D eigenvalue weighted by molar-refractivity contribution is 7.10. The van der Waals surface area contributed by atoms with Crippen LogP contribution in [0.4, 0.5) is 0 Å². The molecule has 1 aliphatic rings. The first-order valence-electron chi connectivity index (χ1n) is 8.08. The first-order chi connectivity index (χ1) is 10.8. The largest absolute Gasteiger partial charge is 0.329 e. The minimum atomic E-state index is 0.535. The summed E-state index contributed by atoms with van der Waals surface area (Å²) in [5.74, 6) is 0.633. The van der Waals surface area contributed by atoms with Gasteiger partial charge in [-0.05, 0) is 23.4 Å². The highest BCUT2D eigenvalue weighted by Crippen LogP contribution is 2.30. The maximum absolute atomic E-state index is 5.77. The molecular weight excluding hydrogens is 290 g/mol. The van der Waals surface area contributed by atoms with Crippen LogP contribution in [-0.2, 0) is 6.54 Å². The summed E-state index contributed by atoms with van der Waals surface area (Å²) in [5, 5.41) is 5.92. The van der Waals surface area contributed by atoms with Crippen LogP contribution in [0.5, 0.6) is 0 Å². The fraction of sp³-hybridized carbons (Fsp3) is 0.444. The lowest BCUT2D eigenvalue weighted by Gasteiger charge is -2.38. The topological polar surface area (TPSA) is 41.3 Å². The van der Waals surface area contributed by atoms with Crippen molar-refractivity contribution in [2.45, 2.75) is 24.9 Å². The third-order valence-corrected chi connectivity index (χ3v) is 5.39. The van der Waals surface area contributed by atoms with Crippen molar-refractivity contribution in [1.82, 2.24) is 10.2 Å². The van der Waals surface area contributed by atoms with E-state index in [-0.39, 0.29) is 0 Å². The minimum absolute atomic E-state index is 0.535. The van der Waals surface area contributed by atoms with E-state index in [9.17, 15) is 0 Å². The third kappa shape index (κ3) is 4.17. The quantitative estimate of drug-likeness (QED) is 0.861. The fourth-order valence-corrected chi connectivity index (χ4v) is 4.13. The van der Waals surface area contributed by atoms with Crippen LogP contribution in [0.3, 0.4) is 0 Å². The van der Waals surface area contributed by atoms with Crippen molar-refractivity contribution in [3.05, 3.63) is 58.3 Å². The van der Waals surface area contributed by atoms with E-state index in [1.54, 1.807) is 0 Å². The van der Waals surface area contributed by atoms with Crippen LogP contribution in [0.15, 0.2) is 47.8 Å². The second-order valence-electron chi connectivity index (χ2n) is 6.06. The molecule has 2 atom stereocenters. The van der Waals surface area contributed by atoms with Gasteiger partial charge in [0.05, 0.1) is 0 Å². The van der Waals surface area contributed by atoms with Gasteiger partial charge in [0.1, 0.15) is 0 Å². The number of nitrogens with zero attached hydrogens (tertiary/aromatic N) is 1. The average molecular weight is 315 g/mol. The Hall–Kier alpha value is -1.20. The van der Waals surface area contributed by atoms with Gasteiger partial charge in [0.2, 0.25) is 0 Å². The molecular formula is C18H25N3S. The molecule has 118 valence electrons. The second-order valence-corrected chi connectivity index (χ2v) is 7.04. The van der Waals surface area contributed by atoms with E-state index in [4.69, 9.17) is 5.73 Å². The van der Waals surface area contributed by atoms with Crippen molar-refractivity contribution in [1.29, 1.82) is 0 Å². The van der Waals surface area contributed by atoms with E-state index in [1.807, 2.05) is 11.3 Å². The highest BCUT2D eigenvalue weighted by atomic mass is 32.1. The van der Waals surface area contributed by atoms with Crippen molar-refractivity contribution >= 4 is 11.3 Å². The molecule has 0 saturated carbocycles. The van der Waals surface area contributed by atoms with Crippen LogP contribution < -0.4 is 11.1 Å². The standard InChI is InChI=1S/C18H25N3S/c19-8-9-21-13-16(18-7-4-10-22-18)11-17(14-21)20-12-15-5-2-1-3-6-15/h1-7,10,16-17,20H,8-9,11-14,19H2. The molecule has 4 heteroatoms. The lowest BCUT2D eigenvalue weighted by molar-refractivity contribution is 0.176. The molecule has 3 N–H and O–H groups in total. The summed E-state index contributed by atoms with van der Waals surface area (Å²) in [6, 6.07) is 15.6. The van der Waals surface area contributed by atoms with Gasteiger partial charge in [-0.3, -0.25) is 4.90 Å². The fourth-order valence-electron chi connectivity index (χ4n) is 3.29. The Kier molecular flexibility index (Phi) is 5.62. The van der Waals surface area contributed by atoms with Crippen LogP contribution >= 0.6 is 11.3 Å². The summed E-state index contributed by atoms with van der Waals surface area (Å²) in [6.45, 7) is 4.92. The minimum Gasteiger partial charge on any atom is -0.329 e. The molecule has 0 amide bonds. The molecule has 0 radical (unpaired) electrons. The first-order valence-corrected chi connectivity index (χ1v) is 8.96. The molecule has 0 bridgehead atoms. The number of nitrogens with two attached hydrogens (primary N) is 1. The van der Waals surface area contributed by atoms with Crippen LogP contribution in [0.1, 0.15) is 22.8 Å². The monoisotopic (exact) mass is 315 g/mol. The molecule has 1 aliphatic heterocycles. The van der Waals surface area contributed by atoms with Gasteiger partial charge in [0.25, 0.3) is 0 Å². The van der Waals surface area contributed by atoms with Crippen molar-refractivity contribution < 1.29 is 0 Å². The molecule has 2 unspecified atom stereocenters. The molecule has 1 aromatic heterocycles. The summed E-state index contributed by atoms with van der Waals surface area (Å²) in [6.07, 6.45) is 1.22. The molecule has 1 aromatic carbocycles. The summed E-state index contributed by atoms with van der Waals surface area (Å²) in [7, 11) is 0. The normalized spacial score (nSPS) is 22.8. The van der Waals surface area contributed by atoms with Gasteiger partial charge < -0.3 is 11.1 Å².